The Morgan fingerprint density at radius 1 is 0.690 bits per heavy atom. The lowest BCUT2D eigenvalue weighted by atomic mass is 10.0. The van der Waals surface area contributed by atoms with E-state index in [0.717, 1.165) is 12.8 Å². The molecular formula is C19H41O9P. The molecule has 0 bridgehead atoms. The van der Waals surface area contributed by atoms with Crippen LogP contribution in [0.1, 0.15) is 104 Å². The topological polar surface area (TPSA) is 113 Å². The summed E-state index contributed by atoms with van der Waals surface area (Å²) in [7, 11) is -4.55. The molecule has 0 heterocycles. The Morgan fingerprint density at radius 3 is 1.62 bits per heavy atom. The summed E-state index contributed by atoms with van der Waals surface area (Å²) in [6.07, 6.45) is 17.1. The fourth-order valence-electron chi connectivity index (χ4n) is 2.83. The zero-order chi connectivity index (χ0) is 21.6. The molecule has 0 aliphatic rings. The third-order valence-electron chi connectivity index (χ3n) is 4.35. The summed E-state index contributed by atoms with van der Waals surface area (Å²) >= 11 is 0. The fourth-order valence-corrected chi connectivity index (χ4v) is 3.36. The molecule has 0 aromatic heterocycles. The van der Waals surface area contributed by atoms with Crippen molar-refractivity contribution in [3.63, 3.8) is 0 Å². The Morgan fingerprint density at radius 2 is 1.14 bits per heavy atom. The highest BCUT2D eigenvalue weighted by atomic mass is 31.2. The van der Waals surface area contributed by atoms with E-state index < -0.39 is 13.9 Å². The largest absolute Gasteiger partial charge is 0.469 e. The van der Waals surface area contributed by atoms with Gasteiger partial charge in [-0.3, -0.25) is 4.52 Å². The van der Waals surface area contributed by atoms with Gasteiger partial charge in [-0.2, -0.15) is 0 Å². The third kappa shape index (κ3) is 25.9. The van der Waals surface area contributed by atoms with Crippen LogP contribution in [0, 0.1) is 0 Å². The first-order valence-electron chi connectivity index (χ1n) is 10.9. The molecule has 0 saturated heterocycles. The van der Waals surface area contributed by atoms with Gasteiger partial charge in [0.1, 0.15) is 6.61 Å². The van der Waals surface area contributed by atoms with E-state index in [1.165, 1.54) is 84.0 Å². The van der Waals surface area contributed by atoms with Crippen LogP contribution in [0.15, 0.2) is 0 Å². The van der Waals surface area contributed by atoms with Crippen LogP contribution in [0.3, 0.4) is 0 Å². The van der Waals surface area contributed by atoms with Gasteiger partial charge in [0.15, 0.2) is 0 Å². The SMILES string of the molecule is CCCCCCCCCCCCCCCCOOOOOCC(C)OP(=O)(O)O. The minimum absolute atomic E-state index is 0.257. The summed E-state index contributed by atoms with van der Waals surface area (Å²) < 4.78 is 14.9. The van der Waals surface area contributed by atoms with Gasteiger partial charge in [-0.1, -0.05) is 90.4 Å². The van der Waals surface area contributed by atoms with E-state index in [9.17, 15) is 4.57 Å². The molecule has 0 aliphatic heterocycles. The zero-order valence-corrected chi connectivity index (χ0v) is 19.0. The smallest absolute Gasteiger partial charge is 0.303 e. The van der Waals surface area contributed by atoms with Gasteiger partial charge in [0.25, 0.3) is 0 Å². The zero-order valence-electron chi connectivity index (χ0n) is 18.1. The second-order valence-corrected chi connectivity index (χ2v) is 8.51. The number of unbranched alkanes of at least 4 members (excludes halogenated alkanes) is 13. The predicted octanol–water partition coefficient (Wildman–Crippen LogP) is 5.71. The standard InChI is InChI=1S/C19H41O9P/c1-3-4-5-6-7-8-9-10-11-12-13-14-15-16-17-23-26-28-27-24-18-19(2)25-29(20,21)22/h19H,3-18H2,1-2H3,(H2,20,21,22). The van der Waals surface area contributed by atoms with Crippen LogP contribution < -0.4 is 0 Å². The number of hydrogen-bond donors (Lipinski definition) is 2. The molecule has 0 fully saturated rings. The monoisotopic (exact) mass is 444 g/mol. The number of hydrogen-bond acceptors (Lipinski definition) is 7. The van der Waals surface area contributed by atoms with Crippen molar-refractivity contribution in [1.82, 2.24) is 0 Å². The Balaban J connectivity index is 3.11. The lowest BCUT2D eigenvalue weighted by Gasteiger charge is -2.11. The molecule has 0 aliphatic carbocycles. The van der Waals surface area contributed by atoms with Gasteiger partial charge in [-0.15, -0.1) is 0 Å². The van der Waals surface area contributed by atoms with Crippen LogP contribution in [0.4, 0.5) is 0 Å². The van der Waals surface area contributed by atoms with Crippen molar-refractivity contribution in [2.24, 2.45) is 0 Å². The van der Waals surface area contributed by atoms with Gasteiger partial charge in [-0.25, -0.2) is 14.3 Å². The Hall–Kier alpha value is -0.0900. The number of phosphoric acid groups is 1. The van der Waals surface area contributed by atoms with E-state index in [-0.39, 0.29) is 6.61 Å². The summed E-state index contributed by atoms with van der Waals surface area (Å²) in [6.45, 7) is 3.77. The number of phosphoric ester groups is 1. The molecule has 1 unspecified atom stereocenters. The first kappa shape index (κ1) is 28.9. The van der Waals surface area contributed by atoms with Crippen molar-refractivity contribution >= 4 is 7.82 Å². The molecule has 2 N–H and O–H groups in total. The van der Waals surface area contributed by atoms with E-state index in [0.29, 0.717) is 6.61 Å². The second kappa shape index (κ2) is 21.2. The first-order valence-corrected chi connectivity index (χ1v) is 12.5. The molecule has 0 radical (unpaired) electrons. The fraction of sp³-hybridized carbons (Fsp3) is 1.00. The lowest BCUT2D eigenvalue weighted by molar-refractivity contribution is -0.709. The van der Waals surface area contributed by atoms with Gasteiger partial charge in [-0.05, 0) is 28.5 Å². The van der Waals surface area contributed by atoms with Crippen molar-refractivity contribution in [3.05, 3.63) is 0 Å². The Kier molecular flexibility index (Phi) is 21.1. The van der Waals surface area contributed by atoms with Crippen LogP contribution in [-0.4, -0.2) is 29.1 Å². The molecule has 1 atom stereocenters. The maximum atomic E-state index is 10.6. The van der Waals surface area contributed by atoms with E-state index in [4.69, 9.17) is 14.7 Å². The Labute approximate surface area is 175 Å². The van der Waals surface area contributed by atoms with Crippen LogP contribution in [0.2, 0.25) is 0 Å². The highest BCUT2D eigenvalue weighted by Crippen LogP contribution is 2.37. The number of rotatable bonds is 23. The van der Waals surface area contributed by atoms with Gasteiger partial charge in [0, 0.05) is 0 Å². The lowest BCUT2D eigenvalue weighted by Crippen LogP contribution is -2.15. The average Bonchev–Trinajstić information content (AvgIpc) is 2.65. The molecule has 29 heavy (non-hydrogen) atoms. The van der Waals surface area contributed by atoms with Gasteiger partial charge < -0.3 is 9.79 Å². The van der Waals surface area contributed by atoms with Crippen LogP contribution in [0.5, 0.6) is 0 Å². The summed E-state index contributed by atoms with van der Waals surface area (Å²) in [5.74, 6) is 0. The molecule has 0 aromatic rings. The van der Waals surface area contributed by atoms with Gasteiger partial charge in [0.05, 0.1) is 12.7 Å². The normalized spacial score (nSPS) is 13.1. The molecular weight excluding hydrogens is 403 g/mol. The van der Waals surface area contributed by atoms with Gasteiger partial charge >= 0.3 is 7.82 Å². The first-order chi connectivity index (χ1) is 14.0. The molecule has 0 saturated carbocycles. The van der Waals surface area contributed by atoms with Crippen LogP contribution in [-0.2, 0) is 34.0 Å². The highest BCUT2D eigenvalue weighted by molar-refractivity contribution is 7.46. The summed E-state index contributed by atoms with van der Waals surface area (Å²) in [6, 6.07) is 0. The highest BCUT2D eigenvalue weighted by Gasteiger charge is 2.19. The summed E-state index contributed by atoms with van der Waals surface area (Å²) in [5.41, 5.74) is 0. The quantitative estimate of drug-likeness (QED) is 0.0885. The predicted molar refractivity (Wildman–Crippen MR) is 108 cm³/mol. The van der Waals surface area contributed by atoms with E-state index in [1.54, 1.807) is 0 Å². The van der Waals surface area contributed by atoms with E-state index >= 15 is 0 Å². The maximum absolute atomic E-state index is 10.6. The summed E-state index contributed by atoms with van der Waals surface area (Å²) in [5, 5.41) is 12.6. The van der Waals surface area contributed by atoms with E-state index in [2.05, 4.69) is 31.4 Å². The third-order valence-corrected chi connectivity index (χ3v) is 4.99. The van der Waals surface area contributed by atoms with Crippen LogP contribution in [0.25, 0.3) is 0 Å². The van der Waals surface area contributed by atoms with Crippen molar-refractivity contribution in [1.29, 1.82) is 0 Å². The van der Waals surface area contributed by atoms with Crippen molar-refractivity contribution in [2.45, 2.75) is 110 Å². The molecule has 0 amide bonds. The molecule has 9 nitrogen and oxygen atoms in total. The molecule has 0 aromatic carbocycles. The Bertz CT molecular complexity index is 379. The molecule has 176 valence electrons. The minimum atomic E-state index is -4.55. The van der Waals surface area contributed by atoms with Crippen molar-refractivity contribution in [3.8, 4) is 0 Å². The second-order valence-electron chi connectivity index (χ2n) is 7.31. The molecule has 0 rings (SSSR count). The summed E-state index contributed by atoms with van der Waals surface area (Å²) in [4.78, 5) is 26.4. The molecule has 0 spiro atoms. The van der Waals surface area contributed by atoms with Crippen LogP contribution >= 0.6 is 7.82 Å². The minimum Gasteiger partial charge on any atom is -0.303 e. The van der Waals surface area contributed by atoms with Crippen molar-refractivity contribution < 1.29 is 43.8 Å². The van der Waals surface area contributed by atoms with Crippen molar-refractivity contribution in [2.75, 3.05) is 13.2 Å². The average molecular weight is 445 g/mol. The van der Waals surface area contributed by atoms with E-state index in [1.807, 2.05) is 0 Å². The van der Waals surface area contributed by atoms with Gasteiger partial charge in [0.2, 0.25) is 0 Å². The maximum Gasteiger partial charge on any atom is 0.469 e. The molecule has 10 heteroatoms.